The lowest BCUT2D eigenvalue weighted by Crippen LogP contribution is -2.23. The van der Waals surface area contributed by atoms with E-state index < -0.39 is 0 Å². The number of thioether (sulfide) groups is 1. The molecule has 0 aliphatic rings. The topological polar surface area (TPSA) is 59.8 Å². The molecular formula is C22H24N4OS. The molecule has 144 valence electrons. The third kappa shape index (κ3) is 4.51. The molecule has 0 radical (unpaired) electrons. The highest BCUT2D eigenvalue weighted by Crippen LogP contribution is 2.28. The predicted octanol–water partition coefficient (Wildman–Crippen LogP) is 4.87. The molecule has 3 aromatic rings. The van der Waals surface area contributed by atoms with E-state index in [0.29, 0.717) is 11.7 Å². The monoisotopic (exact) mass is 392 g/mol. The van der Waals surface area contributed by atoms with Crippen molar-refractivity contribution in [1.82, 2.24) is 14.8 Å². The lowest BCUT2D eigenvalue weighted by atomic mass is 10.1. The lowest BCUT2D eigenvalue weighted by molar-refractivity contribution is -0.115. The predicted molar refractivity (Wildman–Crippen MR) is 116 cm³/mol. The van der Waals surface area contributed by atoms with Crippen LogP contribution in [-0.4, -0.2) is 25.9 Å². The van der Waals surface area contributed by atoms with Crippen molar-refractivity contribution in [2.24, 2.45) is 0 Å². The summed E-state index contributed by atoms with van der Waals surface area (Å²) in [5, 5.41) is 12.1. The van der Waals surface area contributed by atoms with Gasteiger partial charge in [0.25, 0.3) is 0 Å². The van der Waals surface area contributed by atoms with Gasteiger partial charge in [0.05, 0.1) is 5.25 Å². The maximum atomic E-state index is 12.7. The van der Waals surface area contributed by atoms with Gasteiger partial charge in [-0.15, -0.1) is 16.8 Å². The van der Waals surface area contributed by atoms with Gasteiger partial charge in [0.1, 0.15) is 0 Å². The van der Waals surface area contributed by atoms with E-state index in [-0.39, 0.29) is 11.2 Å². The molecule has 6 heteroatoms. The van der Waals surface area contributed by atoms with Crippen molar-refractivity contribution >= 4 is 23.4 Å². The first-order valence-electron chi connectivity index (χ1n) is 9.14. The SMILES string of the molecule is C=CCn1c(S[C@H](C)C(=O)Nc2cc(C)ccc2C)nnc1-c1ccccc1. The number of nitrogens with zero attached hydrogens (tertiary/aromatic N) is 3. The molecule has 0 bridgehead atoms. The third-order valence-electron chi connectivity index (χ3n) is 4.36. The van der Waals surface area contributed by atoms with Crippen LogP contribution in [0.2, 0.25) is 0 Å². The Labute approximate surface area is 169 Å². The van der Waals surface area contributed by atoms with Crippen molar-refractivity contribution in [3.05, 3.63) is 72.3 Å². The zero-order valence-corrected chi connectivity index (χ0v) is 17.2. The maximum absolute atomic E-state index is 12.7. The molecule has 0 aliphatic heterocycles. The second-order valence-corrected chi connectivity index (χ2v) is 7.95. The quantitative estimate of drug-likeness (QED) is 0.460. The first-order valence-corrected chi connectivity index (χ1v) is 10.0. The van der Waals surface area contributed by atoms with Crippen LogP contribution < -0.4 is 5.32 Å². The summed E-state index contributed by atoms with van der Waals surface area (Å²) in [6.07, 6.45) is 1.81. The number of amides is 1. The average molecular weight is 393 g/mol. The fourth-order valence-electron chi connectivity index (χ4n) is 2.79. The molecule has 0 fully saturated rings. The van der Waals surface area contributed by atoms with Gasteiger partial charge in [-0.05, 0) is 38.0 Å². The molecule has 0 saturated heterocycles. The van der Waals surface area contributed by atoms with Gasteiger partial charge in [-0.3, -0.25) is 9.36 Å². The van der Waals surface area contributed by atoms with Gasteiger partial charge in [0.15, 0.2) is 11.0 Å². The Morgan fingerprint density at radius 3 is 2.68 bits per heavy atom. The third-order valence-corrected chi connectivity index (χ3v) is 5.44. The molecule has 5 nitrogen and oxygen atoms in total. The Balaban J connectivity index is 1.79. The number of allylic oxidation sites excluding steroid dienone is 1. The summed E-state index contributed by atoms with van der Waals surface area (Å²) in [5.74, 6) is 0.707. The molecular weight excluding hydrogens is 368 g/mol. The minimum absolute atomic E-state index is 0.0619. The maximum Gasteiger partial charge on any atom is 0.237 e. The summed E-state index contributed by atoms with van der Waals surface area (Å²) in [6, 6.07) is 15.9. The van der Waals surface area contributed by atoms with Crippen LogP contribution in [0.4, 0.5) is 5.69 Å². The van der Waals surface area contributed by atoms with Crippen LogP contribution in [0.5, 0.6) is 0 Å². The van der Waals surface area contributed by atoms with E-state index in [1.807, 2.05) is 73.9 Å². The van der Waals surface area contributed by atoms with Crippen LogP contribution in [0.25, 0.3) is 11.4 Å². The largest absolute Gasteiger partial charge is 0.325 e. The van der Waals surface area contributed by atoms with Crippen molar-refractivity contribution in [3.8, 4) is 11.4 Å². The Morgan fingerprint density at radius 1 is 1.21 bits per heavy atom. The molecule has 0 aliphatic carbocycles. The van der Waals surface area contributed by atoms with Crippen LogP contribution in [0, 0.1) is 13.8 Å². The van der Waals surface area contributed by atoms with Crippen molar-refractivity contribution < 1.29 is 4.79 Å². The second kappa shape index (κ2) is 8.89. The number of aryl methyl sites for hydroxylation is 2. The van der Waals surface area contributed by atoms with Crippen molar-refractivity contribution in [2.75, 3.05) is 5.32 Å². The summed E-state index contributed by atoms with van der Waals surface area (Å²) in [7, 11) is 0. The first kappa shape index (κ1) is 19.9. The smallest absolute Gasteiger partial charge is 0.237 e. The van der Waals surface area contributed by atoms with E-state index in [1.54, 1.807) is 6.08 Å². The van der Waals surface area contributed by atoms with Crippen LogP contribution in [0.1, 0.15) is 18.1 Å². The Bertz CT molecular complexity index is 981. The molecule has 0 saturated carbocycles. The van der Waals surface area contributed by atoms with E-state index in [1.165, 1.54) is 11.8 Å². The Kier molecular flexibility index (Phi) is 6.31. The minimum Gasteiger partial charge on any atom is -0.325 e. The molecule has 0 unspecified atom stereocenters. The summed E-state index contributed by atoms with van der Waals surface area (Å²) >= 11 is 1.39. The Hall–Kier alpha value is -2.86. The molecule has 28 heavy (non-hydrogen) atoms. The van der Waals surface area contributed by atoms with Gasteiger partial charge >= 0.3 is 0 Å². The summed E-state index contributed by atoms with van der Waals surface area (Å²) in [4.78, 5) is 12.7. The van der Waals surface area contributed by atoms with E-state index in [2.05, 4.69) is 22.1 Å². The number of benzene rings is 2. The van der Waals surface area contributed by atoms with Gasteiger partial charge in [0.2, 0.25) is 5.91 Å². The number of carbonyl (C=O) groups excluding carboxylic acids is 1. The Morgan fingerprint density at radius 2 is 1.96 bits per heavy atom. The number of nitrogens with one attached hydrogen (secondary N) is 1. The molecule has 0 spiro atoms. The van der Waals surface area contributed by atoms with E-state index in [0.717, 1.165) is 28.2 Å². The normalized spacial score (nSPS) is 11.8. The fraction of sp³-hybridized carbons (Fsp3) is 0.227. The van der Waals surface area contributed by atoms with Crippen LogP contribution in [0.3, 0.4) is 0 Å². The van der Waals surface area contributed by atoms with Crippen LogP contribution in [-0.2, 0) is 11.3 Å². The zero-order valence-electron chi connectivity index (χ0n) is 16.3. The highest BCUT2D eigenvalue weighted by molar-refractivity contribution is 8.00. The van der Waals surface area contributed by atoms with E-state index in [4.69, 9.17) is 0 Å². The zero-order chi connectivity index (χ0) is 20.1. The minimum atomic E-state index is -0.323. The van der Waals surface area contributed by atoms with Gasteiger partial charge < -0.3 is 5.32 Å². The van der Waals surface area contributed by atoms with Crippen LogP contribution >= 0.6 is 11.8 Å². The second-order valence-electron chi connectivity index (χ2n) is 6.64. The fourth-order valence-corrected chi connectivity index (χ4v) is 3.65. The molecule has 1 aromatic heterocycles. The lowest BCUT2D eigenvalue weighted by Gasteiger charge is -2.14. The number of hydrogen-bond donors (Lipinski definition) is 1. The number of rotatable bonds is 7. The van der Waals surface area contributed by atoms with Gasteiger partial charge in [0, 0.05) is 17.8 Å². The van der Waals surface area contributed by atoms with Gasteiger partial charge in [-0.2, -0.15) is 0 Å². The van der Waals surface area contributed by atoms with Gasteiger partial charge in [-0.25, -0.2) is 0 Å². The highest BCUT2D eigenvalue weighted by Gasteiger charge is 2.21. The molecule has 1 heterocycles. The standard InChI is InChI=1S/C22H24N4OS/c1-5-13-26-20(18-9-7-6-8-10-18)24-25-22(26)28-17(4)21(27)23-19-14-15(2)11-12-16(19)3/h5-12,14,17H,1,13H2,2-4H3,(H,23,27)/t17-/m1/s1. The van der Waals surface area contributed by atoms with Crippen LogP contribution in [0.15, 0.2) is 66.3 Å². The van der Waals surface area contributed by atoms with E-state index >= 15 is 0 Å². The molecule has 1 atom stereocenters. The van der Waals surface area contributed by atoms with Gasteiger partial charge in [-0.1, -0.05) is 60.3 Å². The van der Waals surface area contributed by atoms with E-state index in [9.17, 15) is 4.79 Å². The molecule has 1 amide bonds. The summed E-state index contributed by atoms with van der Waals surface area (Å²) in [5.41, 5.74) is 3.97. The number of aromatic nitrogens is 3. The number of hydrogen-bond acceptors (Lipinski definition) is 4. The number of anilines is 1. The highest BCUT2D eigenvalue weighted by atomic mass is 32.2. The van der Waals surface area contributed by atoms with Crippen molar-refractivity contribution in [1.29, 1.82) is 0 Å². The van der Waals surface area contributed by atoms with Crippen molar-refractivity contribution in [2.45, 2.75) is 37.7 Å². The molecule has 2 aromatic carbocycles. The first-order chi connectivity index (χ1) is 13.5. The summed E-state index contributed by atoms with van der Waals surface area (Å²) < 4.78 is 1.98. The number of carbonyl (C=O) groups is 1. The average Bonchev–Trinajstić information content (AvgIpc) is 3.08. The van der Waals surface area contributed by atoms with Crippen molar-refractivity contribution in [3.63, 3.8) is 0 Å². The molecule has 1 N–H and O–H groups in total. The summed E-state index contributed by atoms with van der Waals surface area (Å²) in [6.45, 7) is 10.3. The molecule has 3 rings (SSSR count).